The van der Waals surface area contributed by atoms with Crippen LogP contribution in [0.1, 0.15) is 12.5 Å². The highest BCUT2D eigenvalue weighted by molar-refractivity contribution is 5.47. The molecular formula is C15H26N2O2. The van der Waals surface area contributed by atoms with Gasteiger partial charge in [-0.3, -0.25) is 0 Å². The van der Waals surface area contributed by atoms with Crippen LogP contribution in [0.3, 0.4) is 0 Å². The SMILES string of the molecule is CCN(CC(O)CNCCOC)c1ccc(C)cc1. The summed E-state index contributed by atoms with van der Waals surface area (Å²) in [6.45, 7) is 7.73. The number of benzene rings is 1. The molecule has 0 fully saturated rings. The lowest BCUT2D eigenvalue weighted by atomic mass is 10.2. The van der Waals surface area contributed by atoms with Gasteiger partial charge >= 0.3 is 0 Å². The summed E-state index contributed by atoms with van der Waals surface area (Å²) in [5.74, 6) is 0. The predicted molar refractivity (Wildman–Crippen MR) is 79.8 cm³/mol. The van der Waals surface area contributed by atoms with E-state index in [1.165, 1.54) is 5.56 Å². The van der Waals surface area contributed by atoms with Gasteiger partial charge in [-0.25, -0.2) is 0 Å². The van der Waals surface area contributed by atoms with Crippen LogP contribution in [0.2, 0.25) is 0 Å². The van der Waals surface area contributed by atoms with Crippen molar-refractivity contribution in [3.63, 3.8) is 0 Å². The van der Waals surface area contributed by atoms with E-state index in [4.69, 9.17) is 4.74 Å². The maximum absolute atomic E-state index is 10.0. The summed E-state index contributed by atoms with van der Waals surface area (Å²) in [6, 6.07) is 8.40. The first-order valence-corrected chi connectivity index (χ1v) is 6.86. The minimum absolute atomic E-state index is 0.377. The predicted octanol–water partition coefficient (Wildman–Crippen LogP) is 1.42. The molecule has 0 saturated carbocycles. The third kappa shape index (κ3) is 6.05. The molecule has 0 aliphatic carbocycles. The summed E-state index contributed by atoms with van der Waals surface area (Å²) in [5.41, 5.74) is 2.41. The molecule has 0 amide bonds. The van der Waals surface area contributed by atoms with Crippen LogP contribution in [-0.2, 0) is 4.74 Å². The van der Waals surface area contributed by atoms with Crippen molar-refractivity contribution in [3.8, 4) is 0 Å². The maximum atomic E-state index is 10.0. The van der Waals surface area contributed by atoms with Gasteiger partial charge < -0.3 is 20.1 Å². The lowest BCUT2D eigenvalue weighted by molar-refractivity contribution is 0.163. The van der Waals surface area contributed by atoms with E-state index in [-0.39, 0.29) is 6.10 Å². The van der Waals surface area contributed by atoms with E-state index in [0.29, 0.717) is 19.7 Å². The number of likely N-dealkylation sites (N-methyl/N-ethyl adjacent to an activating group) is 1. The molecule has 0 saturated heterocycles. The summed E-state index contributed by atoms with van der Waals surface area (Å²) in [5, 5.41) is 13.2. The van der Waals surface area contributed by atoms with E-state index in [1.54, 1.807) is 7.11 Å². The van der Waals surface area contributed by atoms with Crippen molar-refractivity contribution in [3.05, 3.63) is 29.8 Å². The Labute approximate surface area is 116 Å². The summed E-state index contributed by atoms with van der Waals surface area (Å²) < 4.78 is 4.95. The normalized spacial score (nSPS) is 12.4. The second-order valence-corrected chi connectivity index (χ2v) is 4.72. The number of aryl methyl sites for hydroxylation is 1. The summed E-state index contributed by atoms with van der Waals surface area (Å²) in [6.07, 6.45) is -0.377. The zero-order valence-electron chi connectivity index (χ0n) is 12.2. The number of hydrogen-bond acceptors (Lipinski definition) is 4. The molecule has 0 radical (unpaired) electrons. The summed E-state index contributed by atoms with van der Waals surface area (Å²) in [7, 11) is 1.67. The fraction of sp³-hybridized carbons (Fsp3) is 0.600. The third-order valence-corrected chi connectivity index (χ3v) is 3.07. The van der Waals surface area contributed by atoms with Gasteiger partial charge in [-0.05, 0) is 26.0 Å². The molecule has 2 N–H and O–H groups in total. The molecule has 0 heterocycles. The molecular weight excluding hydrogens is 240 g/mol. The fourth-order valence-corrected chi connectivity index (χ4v) is 1.93. The molecule has 19 heavy (non-hydrogen) atoms. The fourth-order valence-electron chi connectivity index (χ4n) is 1.93. The second kappa shape index (κ2) is 8.91. The van der Waals surface area contributed by atoms with E-state index in [0.717, 1.165) is 18.8 Å². The Hall–Kier alpha value is -1.10. The van der Waals surface area contributed by atoms with Crippen LogP contribution < -0.4 is 10.2 Å². The highest BCUT2D eigenvalue weighted by Crippen LogP contribution is 2.14. The molecule has 0 aromatic heterocycles. The number of nitrogens with zero attached hydrogens (tertiary/aromatic N) is 1. The van der Waals surface area contributed by atoms with Crippen LogP contribution in [0.25, 0.3) is 0 Å². The monoisotopic (exact) mass is 266 g/mol. The number of anilines is 1. The van der Waals surface area contributed by atoms with E-state index in [2.05, 4.69) is 48.3 Å². The highest BCUT2D eigenvalue weighted by atomic mass is 16.5. The Kier molecular flexibility index (Phi) is 7.48. The van der Waals surface area contributed by atoms with Gasteiger partial charge in [0.25, 0.3) is 0 Å². The first-order chi connectivity index (χ1) is 9.17. The van der Waals surface area contributed by atoms with Gasteiger partial charge in [-0.1, -0.05) is 17.7 Å². The van der Waals surface area contributed by atoms with Crippen molar-refractivity contribution >= 4 is 5.69 Å². The van der Waals surface area contributed by atoms with Gasteiger partial charge in [0, 0.05) is 39.0 Å². The van der Waals surface area contributed by atoms with Crippen molar-refractivity contribution < 1.29 is 9.84 Å². The molecule has 0 bridgehead atoms. The smallest absolute Gasteiger partial charge is 0.0839 e. The van der Waals surface area contributed by atoms with E-state index in [9.17, 15) is 5.11 Å². The van der Waals surface area contributed by atoms with E-state index < -0.39 is 0 Å². The first kappa shape index (κ1) is 16.0. The van der Waals surface area contributed by atoms with Crippen LogP contribution in [-0.4, -0.2) is 51.1 Å². The van der Waals surface area contributed by atoms with Gasteiger partial charge in [-0.2, -0.15) is 0 Å². The first-order valence-electron chi connectivity index (χ1n) is 6.86. The van der Waals surface area contributed by atoms with Crippen molar-refractivity contribution in [2.24, 2.45) is 0 Å². The number of hydrogen-bond donors (Lipinski definition) is 2. The third-order valence-electron chi connectivity index (χ3n) is 3.07. The van der Waals surface area contributed by atoms with Gasteiger partial charge in [0.1, 0.15) is 0 Å². The zero-order valence-corrected chi connectivity index (χ0v) is 12.2. The Morgan fingerprint density at radius 2 is 2.00 bits per heavy atom. The number of nitrogens with one attached hydrogen (secondary N) is 1. The number of methoxy groups -OCH3 is 1. The number of aliphatic hydroxyl groups is 1. The Morgan fingerprint density at radius 3 is 2.58 bits per heavy atom. The molecule has 1 unspecified atom stereocenters. The van der Waals surface area contributed by atoms with Gasteiger partial charge in [0.2, 0.25) is 0 Å². The van der Waals surface area contributed by atoms with E-state index in [1.807, 2.05) is 0 Å². The molecule has 1 aromatic carbocycles. The zero-order chi connectivity index (χ0) is 14.1. The minimum Gasteiger partial charge on any atom is -0.390 e. The molecule has 0 spiro atoms. The molecule has 0 aliphatic rings. The van der Waals surface area contributed by atoms with Crippen molar-refractivity contribution in [1.82, 2.24) is 5.32 Å². The molecule has 108 valence electrons. The lowest BCUT2D eigenvalue weighted by Crippen LogP contribution is -2.39. The molecule has 1 aromatic rings. The van der Waals surface area contributed by atoms with E-state index >= 15 is 0 Å². The number of rotatable bonds is 9. The highest BCUT2D eigenvalue weighted by Gasteiger charge is 2.10. The Balaban J connectivity index is 2.41. The summed E-state index contributed by atoms with van der Waals surface area (Å²) >= 11 is 0. The molecule has 1 atom stereocenters. The van der Waals surface area contributed by atoms with Crippen LogP contribution in [0.5, 0.6) is 0 Å². The van der Waals surface area contributed by atoms with Crippen molar-refractivity contribution in [2.75, 3.05) is 44.8 Å². The van der Waals surface area contributed by atoms with Gasteiger partial charge in [0.15, 0.2) is 0 Å². The van der Waals surface area contributed by atoms with Crippen LogP contribution in [0.4, 0.5) is 5.69 Å². The van der Waals surface area contributed by atoms with Crippen molar-refractivity contribution in [2.45, 2.75) is 20.0 Å². The quantitative estimate of drug-likeness (QED) is 0.664. The van der Waals surface area contributed by atoms with Crippen LogP contribution in [0, 0.1) is 6.92 Å². The molecule has 0 aliphatic heterocycles. The Morgan fingerprint density at radius 1 is 1.32 bits per heavy atom. The topological polar surface area (TPSA) is 44.7 Å². The standard InChI is InChI=1S/C15H26N2O2/c1-4-17(14-7-5-13(2)6-8-14)12-15(18)11-16-9-10-19-3/h5-8,15-16,18H,4,9-12H2,1-3H3. The largest absolute Gasteiger partial charge is 0.390 e. The molecule has 4 heteroatoms. The number of aliphatic hydroxyl groups excluding tert-OH is 1. The average Bonchev–Trinajstić information content (AvgIpc) is 2.42. The van der Waals surface area contributed by atoms with Gasteiger partial charge in [0.05, 0.1) is 12.7 Å². The minimum atomic E-state index is -0.377. The second-order valence-electron chi connectivity index (χ2n) is 4.72. The molecule has 4 nitrogen and oxygen atoms in total. The van der Waals surface area contributed by atoms with Crippen molar-refractivity contribution in [1.29, 1.82) is 0 Å². The average molecular weight is 266 g/mol. The van der Waals surface area contributed by atoms with Crippen LogP contribution >= 0.6 is 0 Å². The number of ether oxygens (including phenoxy) is 1. The summed E-state index contributed by atoms with van der Waals surface area (Å²) in [4.78, 5) is 2.18. The lowest BCUT2D eigenvalue weighted by Gasteiger charge is -2.26. The Bertz CT molecular complexity index is 341. The maximum Gasteiger partial charge on any atom is 0.0839 e. The molecule has 1 rings (SSSR count). The van der Waals surface area contributed by atoms with Gasteiger partial charge in [-0.15, -0.1) is 0 Å². The van der Waals surface area contributed by atoms with Crippen LogP contribution in [0.15, 0.2) is 24.3 Å².